The minimum atomic E-state index is 0. The van der Waals surface area contributed by atoms with Crippen LogP contribution >= 0.6 is 12.4 Å². The monoisotopic (exact) mass is 420 g/mol. The fraction of sp³-hybridized carbons (Fsp3) is 0.269. The highest BCUT2D eigenvalue weighted by Gasteiger charge is 2.24. The summed E-state index contributed by atoms with van der Waals surface area (Å²) in [5, 5.41) is 0. The zero-order valence-corrected chi connectivity index (χ0v) is 18.0. The minimum absolute atomic E-state index is 0. The van der Waals surface area contributed by atoms with E-state index in [0.29, 0.717) is 12.5 Å². The fourth-order valence-electron chi connectivity index (χ4n) is 4.22. The molecule has 3 aromatic rings. The highest BCUT2D eigenvalue weighted by molar-refractivity contribution is 5.94. The molecular weight excluding hydrogens is 392 g/mol. The number of nitrogens with zero attached hydrogens (tertiary/aromatic N) is 1. The van der Waals surface area contributed by atoms with Gasteiger partial charge in [0.25, 0.3) is 5.91 Å². The average molecular weight is 421 g/mol. The molecule has 3 aromatic carbocycles. The molecule has 156 valence electrons. The van der Waals surface area contributed by atoms with E-state index in [1.165, 1.54) is 22.3 Å². The summed E-state index contributed by atoms with van der Waals surface area (Å²) < 4.78 is 0. The van der Waals surface area contributed by atoms with Crippen LogP contribution < -0.4 is 5.73 Å². The van der Waals surface area contributed by atoms with E-state index in [1.54, 1.807) is 0 Å². The number of hydrogen-bond acceptors (Lipinski definition) is 2. The van der Waals surface area contributed by atoms with Crippen molar-refractivity contribution in [2.75, 3.05) is 13.1 Å². The van der Waals surface area contributed by atoms with Gasteiger partial charge >= 0.3 is 0 Å². The van der Waals surface area contributed by atoms with E-state index in [0.717, 1.165) is 37.9 Å². The van der Waals surface area contributed by atoms with Crippen LogP contribution in [0.15, 0.2) is 78.9 Å². The first kappa shape index (κ1) is 22.1. The van der Waals surface area contributed by atoms with Gasteiger partial charge in [0, 0.05) is 25.2 Å². The van der Waals surface area contributed by atoms with E-state index >= 15 is 0 Å². The summed E-state index contributed by atoms with van der Waals surface area (Å²) in [5.41, 5.74) is 11.5. The standard InChI is InChI=1S/C26H28N2O.ClH/c27-19-22-9-5-10-24(18-22)23-12-14-28(15-13-23)26(29)25-11-4-8-21(17-25)16-20-6-2-1-3-7-20;/h1-11,17-18,23H,12-16,19,27H2;1H. The van der Waals surface area contributed by atoms with Crippen LogP contribution in [0, 0.1) is 0 Å². The number of piperidine rings is 1. The number of amides is 1. The molecule has 0 aromatic heterocycles. The summed E-state index contributed by atoms with van der Waals surface area (Å²) in [6.45, 7) is 2.18. The number of rotatable bonds is 5. The predicted molar refractivity (Wildman–Crippen MR) is 125 cm³/mol. The first-order chi connectivity index (χ1) is 14.2. The third-order valence-electron chi connectivity index (χ3n) is 5.87. The molecule has 30 heavy (non-hydrogen) atoms. The molecule has 0 radical (unpaired) electrons. The average Bonchev–Trinajstić information content (AvgIpc) is 2.79. The molecule has 2 N–H and O–H groups in total. The minimum Gasteiger partial charge on any atom is -0.339 e. The molecule has 3 nitrogen and oxygen atoms in total. The van der Waals surface area contributed by atoms with Crippen molar-refractivity contribution in [1.82, 2.24) is 4.90 Å². The molecule has 0 bridgehead atoms. The van der Waals surface area contributed by atoms with Crippen LogP contribution in [0.3, 0.4) is 0 Å². The van der Waals surface area contributed by atoms with Crippen molar-refractivity contribution in [2.45, 2.75) is 31.7 Å². The molecule has 1 aliphatic heterocycles. The Morgan fingerprint density at radius 3 is 2.23 bits per heavy atom. The summed E-state index contributed by atoms with van der Waals surface area (Å²) in [4.78, 5) is 15.1. The van der Waals surface area contributed by atoms with Gasteiger partial charge in [-0.15, -0.1) is 12.4 Å². The SMILES string of the molecule is Cl.NCc1cccc(C2CCN(C(=O)c3cccc(Cc4ccccc4)c3)CC2)c1. The van der Waals surface area contributed by atoms with Gasteiger partial charge in [0.2, 0.25) is 0 Å². The van der Waals surface area contributed by atoms with Crippen molar-refractivity contribution >= 4 is 18.3 Å². The van der Waals surface area contributed by atoms with Gasteiger partial charge < -0.3 is 10.6 Å². The quantitative estimate of drug-likeness (QED) is 0.618. The van der Waals surface area contributed by atoms with Crippen LogP contribution in [0.2, 0.25) is 0 Å². The van der Waals surface area contributed by atoms with Crippen LogP contribution in [-0.2, 0) is 13.0 Å². The number of likely N-dealkylation sites (tertiary alicyclic amines) is 1. The molecule has 1 amide bonds. The number of nitrogens with two attached hydrogens (primary N) is 1. The van der Waals surface area contributed by atoms with Crippen LogP contribution in [0.5, 0.6) is 0 Å². The summed E-state index contributed by atoms with van der Waals surface area (Å²) in [6, 6.07) is 27.0. The normalized spacial score (nSPS) is 14.2. The Hall–Kier alpha value is -2.62. The maximum Gasteiger partial charge on any atom is 0.253 e. The Labute approximate surface area is 185 Å². The molecule has 1 saturated heterocycles. The number of carbonyl (C=O) groups is 1. The molecule has 4 heteroatoms. The smallest absolute Gasteiger partial charge is 0.253 e. The summed E-state index contributed by atoms with van der Waals surface area (Å²) in [6.07, 6.45) is 2.86. The molecular formula is C26H29ClN2O. The Balaban J connectivity index is 0.00000256. The fourth-order valence-corrected chi connectivity index (χ4v) is 4.22. The Bertz CT molecular complexity index is 966. The molecule has 0 aliphatic carbocycles. The van der Waals surface area contributed by atoms with E-state index in [2.05, 4.69) is 54.6 Å². The van der Waals surface area contributed by atoms with Crippen molar-refractivity contribution in [2.24, 2.45) is 5.73 Å². The summed E-state index contributed by atoms with van der Waals surface area (Å²) >= 11 is 0. The molecule has 1 aliphatic rings. The largest absolute Gasteiger partial charge is 0.339 e. The summed E-state index contributed by atoms with van der Waals surface area (Å²) in [7, 11) is 0. The highest BCUT2D eigenvalue weighted by Crippen LogP contribution is 2.29. The van der Waals surface area contributed by atoms with Gasteiger partial charge in [-0.2, -0.15) is 0 Å². The predicted octanol–water partition coefficient (Wildman–Crippen LogP) is 5.18. The molecule has 1 fully saturated rings. The number of hydrogen-bond donors (Lipinski definition) is 1. The van der Waals surface area contributed by atoms with Crippen LogP contribution in [0.1, 0.15) is 51.4 Å². The van der Waals surface area contributed by atoms with Crippen molar-refractivity contribution < 1.29 is 4.79 Å². The second kappa shape index (κ2) is 10.4. The number of benzene rings is 3. The van der Waals surface area contributed by atoms with Gasteiger partial charge in [-0.3, -0.25) is 4.79 Å². The van der Waals surface area contributed by atoms with Gasteiger partial charge in [0.15, 0.2) is 0 Å². The first-order valence-corrected chi connectivity index (χ1v) is 10.4. The lowest BCUT2D eigenvalue weighted by Gasteiger charge is -2.32. The van der Waals surface area contributed by atoms with Crippen LogP contribution in [-0.4, -0.2) is 23.9 Å². The molecule has 0 saturated carbocycles. The van der Waals surface area contributed by atoms with E-state index in [1.807, 2.05) is 29.2 Å². The lowest BCUT2D eigenvalue weighted by atomic mass is 9.88. The van der Waals surface area contributed by atoms with E-state index in [4.69, 9.17) is 5.73 Å². The maximum atomic E-state index is 13.1. The number of halogens is 1. The van der Waals surface area contributed by atoms with Gasteiger partial charge in [-0.05, 0) is 59.6 Å². The summed E-state index contributed by atoms with van der Waals surface area (Å²) in [5.74, 6) is 0.657. The second-order valence-electron chi connectivity index (χ2n) is 7.88. The number of carbonyl (C=O) groups excluding carboxylic acids is 1. The van der Waals surface area contributed by atoms with Gasteiger partial charge in [0.1, 0.15) is 0 Å². The molecule has 0 unspecified atom stereocenters. The lowest BCUT2D eigenvalue weighted by Crippen LogP contribution is -2.38. The maximum absolute atomic E-state index is 13.1. The first-order valence-electron chi connectivity index (χ1n) is 10.4. The van der Waals surface area contributed by atoms with Crippen molar-refractivity contribution in [3.05, 3.63) is 107 Å². The Morgan fingerprint density at radius 1 is 0.833 bits per heavy atom. The third kappa shape index (κ3) is 5.29. The van der Waals surface area contributed by atoms with E-state index in [9.17, 15) is 4.79 Å². The highest BCUT2D eigenvalue weighted by atomic mass is 35.5. The van der Waals surface area contributed by atoms with E-state index < -0.39 is 0 Å². The third-order valence-corrected chi connectivity index (χ3v) is 5.87. The molecule has 0 atom stereocenters. The van der Waals surface area contributed by atoms with Gasteiger partial charge in [0.05, 0.1) is 0 Å². The van der Waals surface area contributed by atoms with Crippen molar-refractivity contribution in [1.29, 1.82) is 0 Å². The molecule has 4 rings (SSSR count). The topological polar surface area (TPSA) is 46.3 Å². The van der Waals surface area contributed by atoms with Crippen LogP contribution in [0.25, 0.3) is 0 Å². The van der Waals surface area contributed by atoms with Crippen molar-refractivity contribution in [3.63, 3.8) is 0 Å². The zero-order valence-electron chi connectivity index (χ0n) is 17.2. The Morgan fingerprint density at radius 2 is 1.50 bits per heavy atom. The Kier molecular flexibility index (Phi) is 7.67. The van der Waals surface area contributed by atoms with Gasteiger partial charge in [-0.25, -0.2) is 0 Å². The van der Waals surface area contributed by atoms with E-state index in [-0.39, 0.29) is 18.3 Å². The van der Waals surface area contributed by atoms with Crippen molar-refractivity contribution in [3.8, 4) is 0 Å². The van der Waals surface area contributed by atoms with Gasteiger partial charge in [-0.1, -0.05) is 66.7 Å². The van der Waals surface area contributed by atoms with Crippen LogP contribution in [0.4, 0.5) is 0 Å². The lowest BCUT2D eigenvalue weighted by molar-refractivity contribution is 0.0713. The zero-order chi connectivity index (χ0) is 20.1. The second-order valence-corrected chi connectivity index (χ2v) is 7.88. The molecule has 0 spiro atoms. The molecule has 1 heterocycles.